The van der Waals surface area contributed by atoms with Crippen molar-refractivity contribution < 1.29 is 14.7 Å². The van der Waals surface area contributed by atoms with Crippen LogP contribution in [-0.2, 0) is 9.59 Å². The van der Waals surface area contributed by atoms with Crippen molar-refractivity contribution in [2.24, 2.45) is 0 Å². The fourth-order valence-corrected chi connectivity index (χ4v) is 2.68. The molecular formula is C11H13N5O4S. The van der Waals surface area contributed by atoms with Gasteiger partial charge in [0.15, 0.2) is 5.65 Å². The van der Waals surface area contributed by atoms with Gasteiger partial charge < -0.3 is 10.4 Å². The molecule has 2 aromatic heterocycles. The molecule has 0 saturated heterocycles. The number of nitrogens with zero attached hydrogens (tertiary/aromatic N) is 3. The Morgan fingerprint density at radius 1 is 1.57 bits per heavy atom. The Kier molecular flexibility index (Phi) is 4.26. The Morgan fingerprint density at radius 3 is 2.90 bits per heavy atom. The average molecular weight is 311 g/mol. The van der Waals surface area contributed by atoms with Crippen LogP contribution >= 0.6 is 11.8 Å². The summed E-state index contributed by atoms with van der Waals surface area (Å²) in [4.78, 5) is 37.6. The lowest BCUT2D eigenvalue weighted by Gasteiger charge is -2.12. The Morgan fingerprint density at radius 2 is 2.29 bits per heavy atom. The monoisotopic (exact) mass is 311 g/mol. The number of carboxylic acids is 1. The molecule has 0 aliphatic heterocycles. The second-order valence-electron chi connectivity index (χ2n) is 4.27. The van der Waals surface area contributed by atoms with E-state index in [1.54, 1.807) is 13.0 Å². The molecule has 3 N–H and O–H groups in total. The van der Waals surface area contributed by atoms with Crippen LogP contribution < -0.4 is 11.0 Å². The number of hydrogen-bond acceptors (Lipinski definition) is 6. The lowest BCUT2D eigenvalue weighted by molar-refractivity contribution is -0.140. The van der Waals surface area contributed by atoms with E-state index in [0.29, 0.717) is 16.5 Å². The van der Waals surface area contributed by atoms with Gasteiger partial charge in [0.2, 0.25) is 5.91 Å². The minimum Gasteiger partial charge on any atom is -0.480 e. The topological polar surface area (TPSA) is 129 Å². The molecule has 2 heterocycles. The molecule has 21 heavy (non-hydrogen) atoms. The third kappa shape index (κ3) is 3.40. The highest BCUT2D eigenvalue weighted by Gasteiger charge is 2.19. The van der Waals surface area contributed by atoms with Crippen molar-refractivity contribution >= 4 is 29.3 Å². The standard InChI is InChI=1S/C11H13N5O4S/c1-5-12-9(3-8-14-15-11(20)16(5)8)21-4-7(10(18)19)13-6(2)17/h3,7H,4H2,1-2H3,(H,13,17)(H,15,20)(H,18,19). The first-order valence-corrected chi connectivity index (χ1v) is 6.94. The molecule has 0 aliphatic carbocycles. The fourth-order valence-electron chi connectivity index (χ4n) is 1.73. The normalized spacial score (nSPS) is 12.3. The second-order valence-corrected chi connectivity index (χ2v) is 5.31. The van der Waals surface area contributed by atoms with E-state index in [-0.39, 0.29) is 11.4 Å². The SMILES string of the molecule is CC(=O)NC(CSc1cc2n[nH]c(=O)n2c(C)n1)C(=O)O. The zero-order valence-corrected chi connectivity index (χ0v) is 12.1. The molecule has 1 unspecified atom stereocenters. The number of aryl methyl sites for hydroxylation is 1. The van der Waals surface area contributed by atoms with Gasteiger partial charge >= 0.3 is 11.7 Å². The predicted molar refractivity (Wildman–Crippen MR) is 74.3 cm³/mol. The predicted octanol–water partition coefficient (Wildman–Crippen LogP) is -0.593. The van der Waals surface area contributed by atoms with Crippen molar-refractivity contribution in [3.63, 3.8) is 0 Å². The van der Waals surface area contributed by atoms with Gasteiger partial charge in [-0.25, -0.2) is 24.1 Å². The quantitative estimate of drug-likeness (QED) is 0.497. The molecule has 2 aromatic rings. The third-order valence-corrected chi connectivity index (χ3v) is 3.62. The minimum atomic E-state index is -1.12. The lowest BCUT2D eigenvalue weighted by atomic mass is 10.3. The maximum atomic E-state index is 11.5. The van der Waals surface area contributed by atoms with E-state index in [0.717, 1.165) is 11.8 Å². The van der Waals surface area contributed by atoms with Crippen molar-refractivity contribution in [3.8, 4) is 0 Å². The minimum absolute atomic E-state index is 0.117. The highest BCUT2D eigenvalue weighted by atomic mass is 32.2. The molecule has 0 spiro atoms. The van der Waals surface area contributed by atoms with Crippen molar-refractivity contribution in [1.82, 2.24) is 24.9 Å². The first kappa shape index (κ1) is 15.0. The van der Waals surface area contributed by atoms with Crippen molar-refractivity contribution in [1.29, 1.82) is 0 Å². The summed E-state index contributed by atoms with van der Waals surface area (Å²) < 4.78 is 1.31. The number of amides is 1. The van der Waals surface area contributed by atoms with Gasteiger partial charge in [-0.3, -0.25) is 4.79 Å². The Bertz CT molecular complexity index is 753. The number of aromatic nitrogens is 4. The molecular weight excluding hydrogens is 298 g/mol. The molecule has 1 amide bonds. The van der Waals surface area contributed by atoms with E-state index in [4.69, 9.17) is 5.11 Å². The van der Waals surface area contributed by atoms with Gasteiger partial charge in [-0.05, 0) is 6.92 Å². The van der Waals surface area contributed by atoms with Gasteiger partial charge in [-0.2, -0.15) is 5.10 Å². The maximum Gasteiger partial charge on any atom is 0.349 e. The summed E-state index contributed by atoms with van der Waals surface area (Å²) in [5.74, 6) is -0.972. The Balaban J connectivity index is 2.18. The highest BCUT2D eigenvalue weighted by molar-refractivity contribution is 7.99. The molecule has 1 atom stereocenters. The molecule has 112 valence electrons. The van der Waals surface area contributed by atoms with Gasteiger partial charge in [-0.1, -0.05) is 0 Å². The van der Waals surface area contributed by atoms with Crippen LogP contribution in [0.25, 0.3) is 5.65 Å². The molecule has 0 aliphatic rings. The van der Waals surface area contributed by atoms with Gasteiger partial charge in [0.25, 0.3) is 0 Å². The molecule has 0 saturated carbocycles. The number of H-pyrrole nitrogens is 1. The van der Waals surface area contributed by atoms with Crippen LogP contribution in [0.4, 0.5) is 0 Å². The number of hydrogen-bond donors (Lipinski definition) is 3. The highest BCUT2D eigenvalue weighted by Crippen LogP contribution is 2.18. The van der Waals surface area contributed by atoms with E-state index in [9.17, 15) is 14.4 Å². The smallest absolute Gasteiger partial charge is 0.349 e. The number of aliphatic carboxylic acids is 1. The largest absolute Gasteiger partial charge is 0.480 e. The number of carboxylic acid groups (broad SMARTS) is 1. The average Bonchev–Trinajstić information content (AvgIpc) is 2.76. The van der Waals surface area contributed by atoms with Crippen LogP contribution in [0.5, 0.6) is 0 Å². The Labute approximate surface area is 122 Å². The van der Waals surface area contributed by atoms with Gasteiger partial charge in [0.05, 0.1) is 0 Å². The van der Waals surface area contributed by atoms with Crippen LogP contribution in [0, 0.1) is 6.92 Å². The number of carbonyl (C=O) groups is 2. The molecule has 0 aromatic carbocycles. The third-order valence-electron chi connectivity index (χ3n) is 2.62. The van der Waals surface area contributed by atoms with Crippen LogP contribution in [0.3, 0.4) is 0 Å². The second kappa shape index (κ2) is 5.95. The summed E-state index contributed by atoms with van der Waals surface area (Å²) in [6, 6.07) is 0.564. The summed E-state index contributed by atoms with van der Waals surface area (Å²) in [7, 11) is 0. The van der Waals surface area contributed by atoms with Crippen LogP contribution in [0.2, 0.25) is 0 Å². The number of aromatic amines is 1. The van der Waals surface area contributed by atoms with Gasteiger partial charge in [-0.15, -0.1) is 11.8 Å². The number of thioether (sulfide) groups is 1. The van der Waals surface area contributed by atoms with E-state index in [1.807, 2.05) is 0 Å². The maximum absolute atomic E-state index is 11.5. The van der Waals surface area contributed by atoms with E-state index >= 15 is 0 Å². The number of carbonyl (C=O) groups excluding carboxylic acids is 1. The summed E-state index contributed by atoms with van der Waals surface area (Å²) in [5, 5.41) is 18.0. The lowest BCUT2D eigenvalue weighted by Crippen LogP contribution is -2.41. The van der Waals surface area contributed by atoms with E-state index in [1.165, 1.54) is 11.3 Å². The van der Waals surface area contributed by atoms with Crippen molar-refractivity contribution in [2.75, 3.05) is 5.75 Å². The Hall–Kier alpha value is -2.36. The molecule has 0 bridgehead atoms. The first-order valence-electron chi connectivity index (χ1n) is 5.96. The van der Waals surface area contributed by atoms with Crippen LogP contribution in [0.1, 0.15) is 12.7 Å². The molecule has 10 heteroatoms. The number of nitrogens with one attached hydrogen (secondary N) is 2. The molecule has 0 fully saturated rings. The van der Waals surface area contributed by atoms with Crippen molar-refractivity contribution in [2.45, 2.75) is 24.9 Å². The molecule has 2 rings (SSSR count). The van der Waals surface area contributed by atoms with Gasteiger partial charge in [0, 0.05) is 18.7 Å². The summed E-state index contributed by atoms with van der Waals surface area (Å²) in [6.07, 6.45) is 0. The van der Waals surface area contributed by atoms with Crippen LogP contribution in [0.15, 0.2) is 15.9 Å². The number of fused-ring (bicyclic) bond motifs is 1. The molecule has 9 nitrogen and oxygen atoms in total. The zero-order chi connectivity index (χ0) is 15.6. The first-order chi connectivity index (χ1) is 9.88. The summed E-state index contributed by atoms with van der Waals surface area (Å²) in [5.41, 5.74) is 0.0228. The summed E-state index contributed by atoms with van der Waals surface area (Å²) >= 11 is 1.16. The fraction of sp³-hybridized carbons (Fsp3) is 0.364. The summed E-state index contributed by atoms with van der Waals surface area (Å²) in [6.45, 7) is 2.90. The van der Waals surface area contributed by atoms with E-state index < -0.39 is 17.9 Å². The molecule has 0 radical (unpaired) electrons. The zero-order valence-electron chi connectivity index (χ0n) is 11.3. The van der Waals surface area contributed by atoms with Crippen LogP contribution in [-0.4, -0.2) is 48.4 Å². The number of rotatable bonds is 5. The van der Waals surface area contributed by atoms with Gasteiger partial charge in [0.1, 0.15) is 16.9 Å². The van der Waals surface area contributed by atoms with E-state index in [2.05, 4.69) is 20.5 Å². The van der Waals surface area contributed by atoms with Crippen molar-refractivity contribution in [3.05, 3.63) is 22.4 Å².